The van der Waals surface area contributed by atoms with E-state index in [0.717, 1.165) is 0 Å². The first-order valence-electron chi connectivity index (χ1n) is 2.57. The van der Waals surface area contributed by atoms with E-state index in [1.54, 1.807) is 0 Å². The summed E-state index contributed by atoms with van der Waals surface area (Å²) in [5.74, 6) is -15.5. The smallest absolute Gasteiger partial charge is 0.396 e. The Balaban J connectivity index is 0.00000144. The van der Waals surface area contributed by atoms with Gasteiger partial charge in [0.25, 0.3) is 0 Å². The van der Waals surface area contributed by atoms with Gasteiger partial charge in [0, 0.05) is 0 Å². The molecule has 8 heteroatoms. The summed E-state index contributed by atoms with van der Waals surface area (Å²) in [5, 5.41) is -1.95. The van der Waals surface area contributed by atoms with Crippen LogP contribution in [-0.4, -0.2) is 17.8 Å². The van der Waals surface area contributed by atoms with Crippen molar-refractivity contribution >= 4 is 11.6 Å². The van der Waals surface area contributed by atoms with Crippen LogP contribution in [0.15, 0.2) is 5.03 Å². The zero-order valence-corrected chi connectivity index (χ0v) is 7.14. The monoisotopic (exact) mass is 272 g/mol. The van der Waals surface area contributed by atoms with Crippen LogP contribution in [0, 0.1) is 6.08 Å². The van der Waals surface area contributed by atoms with Crippen LogP contribution in [0.3, 0.4) is 0 Å². The summed E-state index contributed by atoms with van der Waals surface area (Å²) in [4.78, 5) is 0. The fourth-order valence-corrected chi connectivity index (χ4v) is 0.867. The van der Waals surface area contributed by atoms with Gasteiger partial charge in [0.1, 0.15) is 0 Å². The number of rotatable bonds is 0. The topological polar surface area (TPSA) is 0 Å². The standard InChI is InChI=1S/C5ClF6.Cu/c6-2-1-3(7,8)5(11,12)4(2,9)10;/q-1;+1. The second-order valence-corrected chi connectivity index (χ2v) is 2.54. The molecule has 0 radical (unpaired) electrons. The molecule has 0 bridgehead atoms. The van der Waals surface area contributed by atoms with Crippen molar-refractivity contribution in [2.75, 3.05) is 0 Å². The maximum Gasteiger partial charge on any atom is 1.00 e. The van der Waals surface area contributed by atoms with E-state index >= 15 is 0 Å². The molecule has 1 aliphatic rings. The molecule has 0 N–H and O–H groups in total. The van der Waals surface area contributed by atoms with Crippen LogP contribution in [0.25, 0.3) is 0 Å². The van der Waals surface area contributed by atoms with Crippen molar-refractivity contribution in [3.8, 4) is 0 Å². The number of halogens is 7. The molecule has 0 fully saturated rings. The van der Waals surface area contributed by atoms with E-state index in [4.69, 9.17) is 0 Å². The van der Waals surface area contributed by atoms with Crippen LogP contribution in [-0.2, 0) is 17.1 Å². The third-order valence-corrected chi connectivity index (χ3v) is 1.66. The van der Waals surface area contributed by atoms with Gasteiger partial charge in [-0.2, -0.15) is 17.6 Å². The van der Waals surface area contributed by atoms with E-state index in [2.05, 4.69) is 11.6 Å². The fraction of sp³-hybridized carbons (Fsp3) is 0.600. The summed E-state index contributed by atoms with van der Waals surface area (Å²) >= 11 is 4.47. The molecular formula is C5ClCuF6. The maximum atomic E-state index is 12.1. The third-order valence-electron chi connectivity index (χ3n) is 1.33. The molecule has 0 aromatic rings. The predicted molar refractivity (Wildman–Crippen MR) is 27.5 cm³/mol. The Hall–Kier alpha value is 0.129. The molecule has 0 aromatic heterocycles. The first-order valence-corrected chi connectivity index (χ1v) is 2.95. The molecule has 0 amide bonds. The molecule has 0 unspecified atom stereocenters. The van der Waals surface area contributed by atoms with Crippen LogP contribution in [0.4, 0.5) is 26.3 Å². The Morgan fingerprint density at radius 2 is 1.38 bits per heavy atom. The molecule has 0 aromatic carbocycles. The van der Waals surface area contributed by atoms with Gasteiger partial charge in [-0.25, -0.2) is 8.78 Å². The summed E-state index contributed by atoms with van der Waals surface area (Å²) in [7, 11) is 0. The van der Waals surface area contributed by atoms with Crippen molar-refractivity contribution in [3.05, 3.63) is 11.1 Å². The van der Waals surface area contributed by atoms with Crippen molar-refractivity contribution in [1.29, 1.82) is 0 Å². The second kappa shape index (κ2) is 3.07. The second-order valence-electron chi connectivity index (χ2n) is 2.16. The molecular weight excluding hydrogens is 273 g/mol. The molecule has 1 aliphatic carbocycles. The van der Waals surface area contributed by atoms with Crippen LogP contribution < -0.4 is 0 Å². The normalized spacial score (nSPS) is 27.8. The number of alkyl halides is 6. The summed E-state index contributed by atoms with van der Waals surface area (Å²) < 4.78 is 72.5. The van der Waals surface area contributed by atoms with Gasteiger partial charge < -0.3 is 6.08 Å². The Bertz CT molecular complexity index is 247. The first kappa shape index (κ1) is 13.1. The largest absolute Gasteiger partial charge is 1.00 e. The summed E-state index contributed by atoms with van der Waals surface area (Å²) in [6.07, 6.45) is 0.522. The Labute approximate surface area is 84.4 Å². The zero-order valence-electron chi connectivity index (χ0n) is 5.45. The summed E-state index contributed by atoms with van der Waals surface area (Å²) in [5.41, 5.74) is 0. The van der Waals surface area contributed by atoms with E-state index < -0.39 is 22.8 Å². The van der Waals surface area contributed by atoms with Crippen molar-refractivity contribution < 1.29 is 43.4 Å². The zero-order chi connectivity index (χ0) is 9.78. The molecule has 13 heavy (non-hydrogen) atoms. The van der Waals surface area contributed by atoms with Crippen LogP contribution in [0.2, 0.25) is 0 Å². The van der Waals surface area contributed by atoms with Gasteiger partial charge in [0.05, 0.1) is 0 Å². The Morgan fingerprint density at radius 3 is 1.46 bits per heavy atom. The van der Waals surface area contributed by atoms with Crippen molar-refractivity contribution in [3.63, 3.8) is 0 Å². The van der Waals surface area contributed by atoms with Gasteiger partial charge in [-0.15, -0.1) is 11.6 Å². The van der Waals surface area contributed by atoms with E-state index in [-0.39, 0.29) is 17.1 Å². The SMILES string of the molecule is FC1(F)[C-]=C(Cl)C(F)(F)C1(F)F.[Cu+]. The molecule has 0 spiro atoms. The first-order chi connectivity index (χ1) is 5.13. The molecule has 80 valence electrons. The van der Waals surface area contributed by atoms with Crippen LogP contribution in [0.5, 0.6) is 0 Å². The van der Waals surface area contributed by atoms with Gasteiger partial charge in [-0.1, -0.05) is 5.03 Å². The van der Waals surface area contributed by atoms with Crippen LogP contribution in [0.1, 0.15) is 0 Å². The number of allylic oxidation sites excluding steroid dienone is 2. The minimum Gasteiger partial charge on any atom is -0.396 e. The molecule has 0 aliphatic heterocycles. The Kier molecular flexibility index (Phi) is 3.10. The van der Waals surface area contributed by atoms with Crippen molar-refractivity contribution in [2.24, 2.45) is 0 Å². The van der Waals surface area contributed by atoms with E-state index in [1.165, 1.54) is 0 Å². The van der Waals surface area contributed by atoms with Gasteiger partial charge in [-0.3, -0.25) is 0 Å². The minimum atomic E-state index is -5.49. The third kappa shape index (κ3) is 1.47. The van der Waals surface area contributed by atoms with Gasteiger partial charge in [0.15, 0.2) is 5.92 Å². The quantitative estimate of drug-likeness (QED) is 0.361. The molecule has 0 atom stereocenters. The summed E-state index contributed by atoms with van der Waals surface area (Å²) in [6.45, 7) is 0. The van der Waals surface area contributed by atoms with E-state index in [1.807, 2.05) is 0 Å². The molecule has 0 heterocycles. The van der Waals surface area contributed by atoms with Gasteiger partial charge in [-0.05, 0) is 0 Å². The van der Waals surface area contributed by atoms with Crippen molar-refractivity contribution in [2.45, 2.75) is 17.8 Å². The fourth-order valence-electron chi connectivity index (χ4n) is 0.630. The number of hydrogen-bond donors (Lipinski definition) is 0. The van der Waals surface area contributed by atoms with Crippen LogP contribution >= 0.6 is 11.6 Å². The van der Waals surface area contributed by atoms with E-state index in [9.17, 15) is 26.3 Å². The molecule has 0 saturated heterocycles. The molecule has 0 saturated carbocycles. The number of hydrogen-bond acceptors (Lipinski definition) is 0. The van der Waals surface area contributed by atoms with Gasteiger partial charge >= 0.3 is 28.9 Å². The maximum absolute atomic E-state index is 12.1. The van der Waals surface area contributed by atoms with Gasteiger partial charge in [0.2, 0.25) is 0 Å². The predicted octanol–water partition coefficient (Wildman–Crippen LogP) is 2.83. The average Bonchev–Trinajstić information content (AvgIpc) is 1.92. The molecule has 0 nitrogen and oxygen atoms in total. The average molecular weight is 273 g/mol. The Morgan fingerprint density at radius 1 is 1.00 bits per heavy atom. The van der Waals surface area contributed by atoms with Crippen molar-refractivity contribution in [1.82, 2.24) is 0 Å². The summed E-state index contributed by atoms with van der Waals surface area (Å²) in [6, 6.07) is 0. The molecule has 1 rings (SSSR count). The van der Waals surface area contributed by atoms with E-state index in [0.29, 0.717) is 6.08 Å². The minimum absolute atomic E-state index is 0.